The Morgan fingerprint density at radius 2 is 2.11 bits per heavy atom. The molecule has 0 aromatic rings. The van der Waals surface area contributed by atoms with E-state index in [9.17, 15) is 0 Å². The maximum Gasteiger partial charge on any atom is 0.0226 e. The van der Waals surface area contributed by atoms with Crippen LogP contribution in [0.15, 0.2) is 17.3 Å². The van der Waals surface area contributed by atoms with Gasteiger partial charge in [0, 0.05) is 12.4 Å². The van der Waals surface area contributed by atoms with Gasteiger partial charge in [0.15, 0.2) is 0 Å². The van der Waals surface area contributed by atoms with Gasteiger partial charge in [-0.05, 0) is 12.3 Å². The third kappa shape index (κ3) is 7.41. The van der Waals surface area contributed by atoms with Gasteiger partial charge in [0.05, 0.1) is 0 Å². The minimum absolute atomic E-state index is 0.610. The number of hydrogen-bond acceptors (Lipinski definition) is 1. The van der Waals surface area contributed by atoms with E-state index in [1.54, 1.807) is 0 Å². The van der Waals surface area contributed by atoms with Crippen molar-refractivity contribution in [3.05, 3.63) is 12.3 Å². The lowest BCUT2D eigenvalue weighted by atomic mass is 10.2. The van der Waals surface area contributed by atoms with Crippen LogP contribution in [0.4, 0.5) is 0 Å². The zero-order valence-electron chi connectivity index (χ0n) is 6.46. The van der Waals surface area contributed by atoms with E-state index in [0.29, 0.717) is 5.92 Å². The summed E-state index contributed by atoms with van der Waals surface area (Å²) in [6.07, 6.45) is 6.85. The molecule has 9 heavy (non-hydrogen) atoms. The lowest BCUT2D eigenvalue weighted by Gasteiger charge is -1.88. The van der Waals surface area contributed by atoms with E-state index >= 15 is 0 Å². The molecule has 0 aromatic heterocycles. The van der Waals surface area contributed by atoms with E-state index in [-0.39, 0.29) is 0 Å². The molecule has 0 aliphatic carbocycles. The lowest BCUT2D eigenvalue weighted by Crippen LogP contribution is -1.75. The first-order chi connectivity index (χ1) is 4.27. The van der Waals surface area contributed by atoms with E-state index in [2.05, 4.69) is 31.8 Å². The minimum Gasteiger partial charge on any atom is -0.269 e. The smallest absolute Gasteiger partial charge is 0.0226 e. The first-order valence-electron chi connectivity index (χ1n) is 3.45. The number of allylic oxidation sites excluding steroid dienone is 1. The van der Waals surface area contributed by atoms with Crippen molar-refractivity contribution in [3.63, 3.8) is 0 Å². The average Bonchev–Trinajstić information content (AvgIpc) is 1.80. The summed E-state index contributed by atoms with van der Waals surface area (Å²) >= 11 is 0. The van der Waals surface area contributed by atoms with E-state index in [1.807, 2.05) is 12.4 Å². The molecule has 0 bridgehead atoms. The molecular weight excluding hydrogens is 110 g/mol. The molecule has 0 rings (SSSR count). The summed E-state index contributed by atoms with van der Waals surface area (Å²) in [4.78, 5) is 4.02. The van der Waals surface area contributed by atoms with Gasteiger partial charge in [-0.15, -0.1) is 0 Å². The Labute approximate surface area is 57.5 Å². The summed E-state index contributed by atoms with van der Waals surface area (Å²) < 4.78 is 0. The summed E-state index contributed by atoms with van der Waals surface area (Å²) in [6.45, 7) is 6.35. The van der Waals surface area contributed by atoms with Gasteiger partial charge < -0.3 is 0 Å². The van der Waals surface area contributed by atoms with E-state index in [1.165, 1.54) is 0 Å². The predicted molar refractivity (Wildman–Crippen MR) is 42.8 cm³/mol. The zero-order chi connectivity index (χ0) is 7.11. The molecule has 0 unspecified atom stereocenters. The van der Waals surface area contributed by atoms with Gasteiger partial charge in [0.1, 0.15) is 0 Å². The number of rotatable bonds is 3. The van der Waals surface area contributed by atoms with E-state index in [0.717, 1.165) is 6.42 Å². The fourth-order valence-corrected chi connectivity index (χ4v) is 0.388. The molecule has 52 valence electrons. The maximum absolute atomic E-state index is 4.02. The summed E-state index contributed by atoms with van der Waals surface area (Å²) in [7, 11) is 0. The van der Waals surface area contributed by atoms with Gasteiger partial charge in [-0.25, -0.2) is 0 Å². The summed E-state index contributed by atoms with van der Waals surface area (Å²) in [6, 6.07) is 0. The van der Waals surface area contributed by atoms with Crippen molar-refractivity contribution in [2.75, 3.05) is 0 Å². The normalized spacial score (nSPS) is 12.4. The predicted octanol–water partition coefficient (Wildman–Crippen LogP) is 2.64. The average molecular weight is 125 g/mol. The minimum atomic E-state index is 0.610. The molecule has 0 aromatic carbocycles. The van der Waals surface area contributed by atoms with Crippen LogP contribution in [0.25, 0.3) is 0 Å². The van der Waals surface area contributed by atoms with E-state index in [4.69, 9.17) is 0 Å². The molecule has 0 amide bonds. The Morgan fingerprint density at radius 3 is 2.56 bits per heavy atom. The molecule has 0 radical (unpaired) electrons. The molecule has 1 heteroatoms. The van der Waals surface area contributed by atoms with Crippen molar-refractivity contribution in [1.29, 1.82) is 0 Å². The van der Waals surface area contributed by atoms with Crippen LogP contribution < -0.4 is 0 Å². The zero-order valence-corrected chi connectivity index (χ0v) is 6.46. The molecule has 0 N–H and O–H groups in total. The molecule has 0 aliphatic rings. The molecule has 0 saturated heterocycles. The quantitative estimate of drug-likeness (QED) is 0.514. The van der Waals surface area contributed by atoms with Crippen molar-refractivity contribution in [1.82, 2.24) is 0 Å². The second kappa shape index (κ2) is 5.54. The highest BCUT2D eigenvalue weighted by Gasteiger charge is 1.78. The van der Waals surface area contributed by atoms with Crippen LogP contribution in [-0.2, 0) is 0 Å². The third-order valence-electron chi connectivity index (χ3n) is 0.845. The van der Waals surface area contributed by atoms with Crippen molar-refractivity contribution in [2.45, 2.75) is 27.2 Å². The monoisotopic (exact) mass is 125 g/mol. The lowest BCUT2D eigenvalue weighted by molar-refractivity contribution is 0.829. The van der Waals surface area contributed by atoms with Crippen molar-refractivity contribution in [3.8, 4) is 0 Å². The van der Waals surface area contributed by atoms with E-state index < -0.39 is 0 Å². The highest BCUT2D eigenvalue weighted by molar-refractivity contribution is 5.57. The number of nitrogens with zero attached hydrogens (tertiary/aromatic N) is 1. The first-order valence-corrected chi connectivity index (χ1v) is 3.45. The van der Waals surface area contributed by atoms with Gasteiger partial charge in [-0.3, -0.25) is 4.99 Å². The van der Waals surface area contributed by atoms with Crippen LogP contribution in [0.5, 0.6) is 0 Å². The highest BCUT2D eigenvalue weighted by atomic mass is 14.7. The standard InChI is InChI=1S/C8H15N/c1-4-6-9-7-5-8(2)3/h5-8H,4H2,1-3H3/b7-5-,9-6?. The maximum atomic E-state index is 4.02. The van der Waals surface area contributed by atoms with Crippen LogP contribution in [0.3, 0.4) is 0 Å². The molecule has 0 atom stereocenters. The van der Waals surface area contributed by atoms with Crippen LogP contribution in [0, 0.1) is 5.92 Å². The molecule has 0 aliphatic heterocycles. The Bertz CT molecular complexity index is 101. The SMILES string of the molecule is CCC=N/C=C\C(C)C. The fraction of sp³-hybridized carbons (Fsp3) is 0.625. The summed E-state index contributed by atoms with van der Waals surface area (Å²) in [5, 5.41) is 0. The molecule has 1 nitrogen and oxygen atoms in total. The Balaban J connectivity index is 3.35. The van der Waals surface area contributed by atoms with Crippen LogP contribution in [-0.4, -0.2) is 6.21 Å². The second-order valence-corrected chi connectivity index (χ2v) is 2.33. The third-order valence-corrected chi connectivity index (χ3v) is 0.845. The van der Waals surface area contributed by atoms with Crippen LogP contribution >= 0.6 is 0 Å². The van der Waals surface area contributed by atoms with Crippen LogP contribution in [0.2, 0.25) is 0 Å². The fourth-order valence-electron chi connectivity index (χ4n) is 0.388. The largest absolute Gasteiger partial charge is 0.269 e. The number of aliphatic imine (C=N–C) groups is 1. The van der Waals surface area contributed by atoms with Gasteiger partial charge in [-0.2, -0.15) is 0 Å². The van der Waals surface area contributed by atoms with Gasteiger partial charge in [0.2, 0.25) is 0 Å². The molecule has 0 fully saturated rings. The molecule has 0 saturated carbocycles. The first kappa shape index (κ1) is 8.41. The summed E-state index contributed by atoms with van der Waals surface area (Å²) in [5.41, 5.74) is 0. The summed E-state index contributed by atoms with van der Waals surface area (Å²) in [5.74, 6) is 0.610. The second-order valence-electron chi connectivity index (χ2n) is 2.33. The van der Waals surface area contributed by atoms with Gasteiger partial charge in [0.25, 0.3) is 0 Å². The Hall–Kier alpha value is -0.590. The molecule has 0 spiro atoms. The van der Waals surface area contributed by atoms with Crippen molar-refractivity contribution in [2.24, 2.45) is 10.9 Å². The Morgan fingerprint density at radius 1 is 1.44 bits per heavy atom. The van der Waals surface area contributed by atoms with Crippen LogP contribution in [0.1, 0.15) is 27.2 Å². The topological polar surface area (TPSA) is 12.4 Å². The van der Waals surface area contributed by atoms with Crippen molar-refractivity contribution < 1.29 is 0 Å². The number of hydrogen-bond donors (Lipinski definition) is 0. The van der Waals surface area contributed by atoms with Gasteiger partial charge in [-0.1, -0.05) is 26.8 Å². The Kier molecular flexibility index (Phi) is 5.18. The van der Waals surface area contributed by atoms with Crippen molar-refractivity contribution >= 4 is 6.21 Å². The highest BCUT2D eigenvalue weighted by Crippen LogP contribution is 1.92. The molecular formula is C8H15N. The molecule has 0 heterocycles. The van der Waals surface area contributed by atoms with Gasteiger partial charge >= 0.3 is 0 Å².